The standard InChI is InChI=1S/C19H17ClF5N5/c20-17-28-15(26-6-5-12-7-18(21,22)8-12)14-16(29-17)27-10-30(14)9-11-1-3-13(4-2-11)19(23,24)25/h1-4,10,12H,5-9H2,(H,26,28,29). The third-order valence-electron chi connectivity index (χ3n) is 5.10. The fourth-order valence-electron chi connectivity index (χ4n) is 3.58. The molecule has 0 unspecified atom stereocenters. The maximum atomic E-state index is 13.0. The van der Waals surface area contributed by atoms with Crippen molar-refractivity contribution >= 4 is 28.6 Å². The van der Waals surface area contributed by atoms with Crippen LogP contribution in [0.2, 0.25) is 5.28 Å². The van der Waals surface area contributed by atoms with Gasteiger partial charge in [0, 0.05) is 25.9 Å². The summed E-state index contributed by atoms with van der Waals surface area (Å²) in [5, 5.41) is 3.09. The molecule has 0 spiro atoms. The van der Waals surface area contributed by atoms with Crippen molar-refractivity contribution in [2.24, 2.45) is 5.92 Å². The molecule has 0 radical (unpaired) electrons. The fourth-order valence-corrected chi connectivity index (χ4v) is 3.74. The van der Waals surface area contributed by atoms with Crippen molar-refractivity contribution in [3.05, 3.63) is 47.0 Å². The summed E-state index contributed by atoms with van der Waals surface area (Å²) >= 11 is 5.95. The lowest BCUT2D eigenvalue weighted by molar-refractivity contribution is -0.137. The Balaban J connectivity index is 1.51. The number of fused-ring (bicyclic) bond motifs is 1. The third kappa shape index (κ3) is 4.48. The SMILES string of the molecule is FC1(F)CC(CCNc2nc(Cl)nc3ncn(Cc4ccc(C(F)(F)F)cc4)c23)C1. The molecule has 1 aromatic carbocycles. The van der Waals surface area contributed by atoms with Gasteiger partial charge < -0.3 is 9.88 Å². The number of hydrogen-bond acceptors (Lipinski definition) is 4. The van der Waals surface area contributed by atoms with Gasteiger partial charge in [-0.25, -0.2) is 13.8 Å². The number of rotatable bonds is 6. The summed E-state index contributed by atoms with van der Waals surface area (Å²) in [6.07, 6.45) is -2.55. The van der Waals surface area contributed by atoms with Gasteiger partial charge in [0.1, 0.15) is 5.52 Å². The quantitative estimate of drug-likeness (QED) is 0.408. The lowest BCUT2D eigenvalue weighted by Crippen LogP contribution is -2.36. The Bertz CT molecular complexity index is 1040. The third-order valence-corrected chi connectivity index (χ3v) is 5.27. The van der Waals surface area contributed by atoms with E-state index in [1.165, 1.54) is 18.5 Å². The number of aromatic nitrogens is 4. The fraction of sp³-hybridized carbons (Fsp3) is 0.421. The number of nitrogens with zero attached hydrogens (tertiary/aromatic N) is 4. The molecule has 1 N–H and O–H groups in total. The van der Waals surface area contributed by atoms with Crippen molar-refractivity contribution < 1.29 is 22.0 Å². The summed E-state index contributed by atoms with van der Waals surface area (Å²) in [5.74, 6) is -2.20. The van der Waals surface area contributed by atoms with Gasteiger partial charge in [-0.2, -0.15) is 23.1 Å². The van der Waals surface area contributed by atoms with Crippen LogP contribution in [0.25, 0.3) is 11.2 Å². The Morgan fingerprint density at radius 2 is 1.83 bits per heavy atom. The summed E-state index contributed by atoms with van der Waals surface area (Å²) in [6.45, 7) is 0.678. The molecule has 160 valence electrons. The van der Waals surface area contributed by atoms with E-state index >= 15 is 0 Å². The van der Waals surface area contributed by atoms with Crippen molar-refractivity contribution in [3.8, 4) is 0 Å². The molecule has 1 fully saturated rings. The second-order valence-electron chi connectivity index (χ2n) is 7.43. The zero-order valence-corrected chi connectivity index (χ0v) is 16.3. The average Bonchev–Trinajstić information content (AvgIpc) is 3.02. The molecule has 3 aromatic rings. The van der Waals surface area contributed by atoms with Crippen molar-refractivity contribution in [2.75, 3.05) is 11.9 Å². The van der Waals surface area contributed by atoms with Crippen LogP contribution < -0.4 is 5.32 Å². The van der Waals surface area contributed by atoms with E-state index in [4.69, 9.17) is 11.6 Å². The highest BCUT2D eigenvalue weighted by atomic mass is 35.5. The molecule has 30 heavy (non-hydrogen) atoms. The maximum absolute atomic E-state index is 13.0. The van der Waals surface area contributed by atoms with E-state index in [0.29, 0.717) is 35.5 Å². The van der Waals surface area contributed by atoms with Gasteiger partial charge in [0.15, 0.2) is 11.5 Å². The van der Waals surface area contributed by atoms with Crippen LogP contribution in [0, 0.1) is 5.92 Å². The molecule has 4 rings (SSSR count). The van der Waals surface area contributed by atoms with E-state index in [0.717, 1.165) is 12.1 Å². The number of nitrogens with one attached hydrogen (secondary N) is 1. The van der Waals surface area contributed by atoms with Crippen molar-refractivity contribution in [2.45, 2.75) is 37.9 Å². The minimum absolute atomic E-state index is 0.0139. The topological polar surface area (TPSA) is 55.6 Å². The molecule has 0 aliphatic heterocycles. The van der Waals surface area contributed by atoms with Gasteiger partial charge in [0.25, 0.3) is 0 Å². The lowest BCUT2D eigenvalue weighted by atomic mass is 9.79. The Morgan fingerprint density at radius 1 is 1.13 bits per heavy atom. The summed E-state index contributed by atoms with van der Waals surface area (Å²) in [4.78, 5) is 12.4. The van der Waals surface area contributed by atoms with Gasteiger partial charge in [-0.3, -0.25) is 0 Å². The monoisotopic (exact) mass is 445 g/mol. The van der Waals surface area contributed by atoms with Crippen LogP contribution in [0.3, 0.4) is 0 Å². The highest BCUT2D eigenvalue weighted by molar-refractivity contribution is 6.28. The van der Waals surface area contributed by atoms with E-state index in [-0.39, 0.29) is 30.6 Å². The van der Waals surface area contributed by atoms with Crippen molar-refractivity contribution in [1.82, 2.24) is 19.5 Å². The molecule has 11 heteroatoms. The number of hydrogen-bond donors (Lipinski definition) is 1. The van der Waals surface area contributed by atoms with Gasteiger partial charge in [0.2, 0.25) is 11.2 Å². The van der Waals surface area contributed by atoms with Crippen LogP contribution in [0.4, 0.5) is 27.8 Å². The molecule has 0 amide bonds. The number of benzene rings is 1. The van der Waals surface area contributed by atoms with Crippen LogP contribution in [-0.4, -0.2) is 32.0 Å². The number of imidazole rings is 1. The Kier molecular flexibility index (Phi) is 5.29. The molecule has 5 nitrogen and oxygen atoms in total. The maximum Gasteiger partial charge on any atom is 0.416 e. The molecule has 1 aliphatic carbocycles. The first kappa shape index (κ1) is 20.8. The highest BCUT2D eigenvalue weighted by Crippen LogP contribution is 2.44. The Labute approximate surface area is 173 Å². The normalized spacial score (nSPS) is 16.6. The summed E-state index contributed by atoms with van der Waals surface area (Å²) in [7, 11) is 0. The largest absolute Gasteiger partial charge is 0.416 e. The zero-order chi connectivity index (χ0) is 21.5. The van der Waals surface area contributed by atoms with E-state index in [1.807, 2.05) is 0 Å². The Morgan fingerprint density at radius 3 is 2.47 bits per heavy atom. The van der Waals surface area contributed by atoms with Crippen LogP contribution >= 0.6 is 11.6 Å². The summed E-state index contributed by atoms with van der Waals surface area (Å²) in [6, 6.07) is 4.84. The highest BCUT2D eigenvalue weighted by Gasteiger charge is 2.44. The van der Waals surface area contributed by atoms with Crippen molar-refractivity contribution in [1.29, 1.82) is 0 Å². The van der Waals surface area contributed by atoms with E-state index in [1.54, 1.807) is 4.57 Å². The van der Waals surface area contributed by atoms with Crippen LogP contribution in [0.5, 0.6) is 0 Å². The van der Waals surface area contributed by atoms with Crippen molar-refractivity contribution in [3.63, 3.8) is 0 Å². The predicted molar refractivity (Wildman–Crippen MR) is 102 cm³/mol. The van der Waals surface area contributed by atoms with Gasteiger partial charge in [-0.1, -0.05) is 12.1 Å². The molecular weight excluding hydrogens is 429 g/mol. The van der Waals surface area contributed by atoms with Gasteiger partial charge >= 0.3 is 6.18 Å². The van der Waals surface area contributed by atoms with Crippen LogP contribution in [0.15, 0.2) is 30.6 Å². The van der Waals surface area contributed by atoms with Gasteiger partial charge in [-0.15, -0.1) is 0 Å². The van der Waals surface area contributed by atoms with Crippen LogP contribution in [-0.2, 0) is 12.7 Å². The molecule has 2 aromatic heterocycles. The summed E-state index contributed by atoms with van der Waals surface area (Å²) in [5.41, 5.74) is 0.790. The molecule has 2 heterocycles. The number of anilines is 1. The first-order valence-electron chi connectivity index (χ1n) is 9.27. The molecular formula is C19H17ClF5N5. The first-order valence-corrected chi connectivity index (χ1v) is 9.65. The molecule has 1 saturated carbocycles. The second kappa shape index (κ2) is 7.64. The lowest BCUT2D eigenvalue weighted by Gasteiger charge is -2.34. The smallest absolute Gasteiger partial charge is 0.368 e. The van der Waals surface area contributed by atoms with E-state index in [2.05, 4.69) is 20.3 Å². The molecule has 0 atom stereocenters. The summed E-state index contributed by atoms with van der Waals surface area (Å²) < 4.78 is 65.9. The van der Waals surface area contributed by atoms with Gasteiger partial charge in [0.05, 0.1) is 11.9 Å². The zero-order valence-electron chi connectivity index (χ0n) is 15.6. The number of alkyl halides is 5. The average molecular weight is 446 g/mol. The van der Waals surface area contributed by atoms with E-state index < -0.39 is 17.7 Å². The second-order valence-corrected chi connectivity index (χ2v) is 7.76. The first-order chi connectivity index (χ1) is 14.1. The van der Waals surface area contributed by atoms with Crippen LogP contribution in [0.1, 0.15) is 30.4 Å². The predicted octanol–water partition coefficient (Wildman–Crippen LogP) is 5.39. The van der Waals surface area contributed by atoms with E-state index in [9.17, 15) is 22.0 Å². The number of halogens is 6. The minimum Gasteiger partial charge on any atom is -0.368 e. The molecule has 1 aliphatic rings. The minimum atomic E-state index is -4.40. The molecule has 0 bridgehead atoms. The Hall–Kier alpha value is -2.49. The molecule has 0 saturated heterocycles. The van der Waals surface area contributed by atoms with Gasteiger partial charge in [-0.05, 0) is 41.6 Å².